The highest BCUT2D eigenvalue weighted by Crippen LogP contribution is 2.45. The summed E-state index contributed by atoms with van der Waals surface area (Å²) >= 11 is 6.23. The quantitative estimate of drug-likeness (QED) is 0.267. The van der Waals surface area contributed by atoms with Crippen molar-refractivity contribution in [3.05, 3.63) is 130 Å². The minimum absolute atomic E-state index is 0.0226. The van der Waals surface area contributed by atoms with Gasteiger partial charge in [-0.3, -0.25) is 9.59 Å². The Morgan fingerprint density at radius 1 is 0.905 bits per heavy atom. The number of anilines is 1. The van der Waals surface area contributed by atoms with Crippen LogP contribution in [0.4, 0.5) is 10.1 Å². The molecule has 0 N–H and O–H groups in total. The fraction of sp³-hybridized carbons (Fsp3) is 0.235. The Hall–Kier alpha value is -4.36. The number of hydrogen-bond donors (Lipinski definition) is 0. The summed E-state index contributed by atoms with van der Waals surface area (Å²) in [5.41, 5.74) is 3.88. The largest absolute Gasteiger partial charge is 0.497 e. The predicted octanol–water partition coefficient (Wildman–Crippen LogP) is 6.32. The van der Waals surface area contributed by atoms with Crippen LogP contribution in [-0.4, -0.2) is 54.9 Å². The summed E-state index contributed by atoms with van der Waals surface area (Å²) in [6, 6.07) is 28.2. The minimum Gasteiger partial charge on any atom is -0.497 e. The maximum atomic E-state index is 14.5. The topological polar surface area (TPSA) is 53.1 Å². The molecule has 2 aliphatic heterocycles. The second kappa shape index (κ2) is 11.9. The number of nitrogens with zero attached hydrogens (tertiary/aromatic N) is 3. The van der Waals surface area contributed by atoms with Crippen LogP contribution < -0.4 is 9.64 Å². The first-order chi connectivity index (χ1) is 20.4. The SMILES string of the molecule is COc1ccc([C@@H]2[C@@H](C(=O)N3CCN(c4cccc(Cl)c4)CC3)c3ccccc3C(=O)N2Cc2ccc(F)cc2)cc1. The monoisotopic (exact) mass is 583 g/mol. The molecule has 0 unspecified atom stereocenters. The number of halogens is 2. The van der Waals surface area contributed by atoms with Crippen LogP contribution in [0.1, 0.15) is 39.0 Å². The highest BCUT2D eigenvalue weighted by molar-refractivity contribution is 6.30. The molecule has 1 fully saturated rings. The van der Waals surface area contributed by atoms with Gasteiger partial charge in [-0.1, -0.05) is 60.1 Å². The van der Waals surface area contributed by atoms with Crippen molar-refractivity contribution in [3.8, 4) is 5.75 Å². The van der Waals surface area contributed by atoms with Crippen molar-refractivity contribution in [2.24, 2.45) is 0 Å². The number of amides is 2. The summed E-state index contributed by atoms with van der Waals surface area (Å²) in [7, 11) is 1.60. The Morgan fingerprint density at radius 3 is 2.31 bits per heavy atom. The number of piperazine rings is 1. The van der Waals surface area contributed by atoms with Crippen molar-refractivity contribution in [1.29, 1.82) is 0 Å². The number of ether oxygens (including phenoxy) is 1. The molecule has 42 heavy (non-hydrogen) atoms. The van der Waals surface area contributed by atoms with Crippen molar-refractivity contribution < 1.29 is 18.7 Å². The molecule has 4 aromatic carbocycles. The lowest BCUT2D eigenvalue weighted by Gasteiger charge is -2.45. The molecule has 2 amide bonds. The first kappa shape index (κ1) is 27.8. The van der Waals surface area contributed by atoms with Gasteiger partial charge in [0.25, 0.3) is 5.91 Å². The molecule has 0 spiro atoms. The fourth-order valence-corrected chi connectivity index (χ4v) is 6.23. The lowest BCUT2D eigenvalue weighted by molar-refractivity contribution is -0.135. The molecule has 6 nitrogen and oxygen atoms in total. The van der Waals surface area contributed by atoms with Crippen LogP contribution in [-0.2, 0) is 11.3 Å². The second-order valence-electron chi connectivity index (χ2n) is 10.6. The average Bonchev–Trinajstić information content (AvgIpc) is 3.03. The molecule has 0 saturated carbocycles. The zero-order valence-corrected chi connectivity index (χ0v) is 24.0. The van der Waals surface area contributed by atoms with E-state index in [2.05, 4.69) is 4.90 Å². The van der Waals surface area contributed by atoms with Crippen LogP contribution in [0.5, 0.6) is 5.75 Å². The lowest BCUT2D eigenvalue weighted by atomic mass is 9.78. The molecule has 0 radical (unpaired) electrons. The number of hydrogen-bond acceptors (Lipinski definition) is 4. The average molecular weight is 584 g/mol. The van der Waals surface area contributed by atoms with E-state index >= 15 is 0 Å². The Kier molecular flexibility index (Phi) is 7.85. The summed E-state index contributed by atoms with van der Waals surface area (Å²) in [5.74, 6) is -0.459. The van der Waals surface area contributed by atoms with Gasteiger partial charge in [0.05, 0.1) is 19.1 Å². The van der Waals surface area contributed by atoms with E-state index < -0.39 is 12.0 Å². The van der Waals surface area contributed by atoms with E-state index in [1.807, 2.05) is 71.6 Å². The molecular weight excluding hydrogens is 553 g/mol. The number of methoxy groups -OCH3 is 1. The van der Waals surface area contributed by atoms with E-state index in [0.29, 0.717) is 42.5 Å². The molecular formula is C34H31ClFN3O3. The van der Waals surface area contributed by atoms with Crippen molar-refractivity contribution >= 4 is 29.1 Å². The van der Waals surface area contributed by atoms with E-state index in [1.54, 1.807) is 30.2 Å². The molecule has 2 heterocycles. The molecule has 6 rings (SSSR count). The van der Waals surface area contributed by atoms with E-state index in [-0.39, 0.29) is 24.2 Å². The molecule has 0 bridgehead atoms. The van der Waals surface area contributed by atoms with Gasteiger partial charge in [-0.15, -0.1) is 0 Å². The number of carbonyl (C=O) groups excluding carboxylic acids is 2. The van der Waals surface area contributed by atoms with Gasteiger partial charge in [0.2, 0.25) is 5.91 Å². The number of fused-ring (bicyclic) bond motifs is 1. The Bertz CT molecular complexity index is 1590. The van der Waals surface area contributed by atoms with E-state index in [9.17, 15) is 14.0 Å². The zero-order valence-electron chi connectivity index (χ0n) is 23.3. The number of benzene rings is 4. The Morgan fingerprint density at radius 2 is 1.62 bits per heavy atom. The molecule has 8 heteroatoms. The highest BCUT2D eigenvalue weighted by Gasteiger charge is 2.45. The van der Waals surface area contributed by atoms with E-state index in [0.717, 1.165) is 22.4 Å². The Labute approximate surface area is 249 Å². The normalized spacial score (nSPS) is 18.5. The van der Waals surface area contributed by atoms with Gasteiger partial charge in [-0.25, -0.2) is 4.39 Å². The maximum absolute atomic E-state index is 14.5. The van der Waals surface area contributed by atoms with Crippen molar-refractivity contribution in [2.45, 2.75) is 18.5 Å². The van der Waals surface area contributed by atoms with Crippen molar-refractivity contribution in [3.63, 3.8) is 0 Å². The highest BCUT2D eigenvalue weighted by atomic mass is 35.5. The third-order valence-electron chi connectivity index (χ3n) is 8.19. The van der Waals surface area contributed by atoms with Gasteiger partial charge in [0.1, 0.15) is 11.6 Å². The summed E-state index contributed by atoms with van der Waals surface area (Å²) < 4.78 is 19.1. The predicted molar refractivity (Wildman–Crippen MR) is 161 cm³/mol. The number of rotatable bonds is 6. The summed E-state index contributed by atoms with van der Waals surface area (Å²) in [5, 5.41) is 0.679. The van der Waals surface area contributed by atoms with Crippen LogP contribution in [0.25, 0.3) is 0 Å². The van der Waals surface area contributed by atoms with Gasteiger partial charge >= 0.3 is 0 Å². The zero-order chi connectivity index (χ0) is 29.2. The smallest absolute Gasteiger partial charge is 0.255 e. The molecule has 2 aliphatic rings. The van der Waals surface area contributed by atoms with Crippen LogP contribution in [0.2, 0.25) is 5.02 Å². The molecule has 4 aromatic rings. The van der Waals surface area contributed by atoms with Gasteiger partial charge in [-0.05, 0) is 65.2 Å². The Balaban J connectivity index is 1.37. The summed E-state index contributed by atoms with van der Waals surface area (Å²) in [6.45, 7) is 2.67. The van der Waals surface area contributed by atoms with Crippen molar-refractivity contribution in [2.75, 3.05) is 38.2 Å². The molecule has 214 valence electrons. The lowest BCUT2D eigenvalue weighted by Crippen LogP contribution is -2.53. The molecule has 0 aliphatic carbocycles. The maximum Gasteiger partial charge on any atom is 0.255 e. The standard InChI is InChI=1S/C34H31ClFN3O3/c1-42-28-15-11-24(12-16-28)32-31(34(41)38-19-17-37(18-20-38)27-6-4-5-25(35)21-27)29-7-2-3-8-30(29)33(40)39(32)22-23-9-13-26(36)14-10-23/h2-16,21,31-32H,17-20,22H2,1H3/t31-,32+/m0/s1. The third kappa shape index (κ3) is 5.44. The molecule has 0 aromatic heterocycles. The van der Waals surface area contributed by atoms with Gasteiger partial charge < -0.3 is 19.4 Å². The first-order valence-electron chi connectivity index (χ1n) is 14.0. The van der Waals surface area contributed by atoms with Gasteiger partial charge in [0, 0.05) is 49.0 Å². The molecule has 2 atom stereocenters. The van der Waals surface area contributed by atoms with Gasteiger partial charge in [-0.2, -0.15) is 0 Å². The van der Waals surface area contributed by atoms with Crippen LogP contribution in [0.3, 0.4) is 0 Å². The van der Waals surface area contributed by atoms with E-state index in [4.69, 9.17) is 16.3 Å². The van der Waals surface area contributed by atoms with Crippen LogP contribution in [0, 0.1) is 5.82 Å². The van der Waals surface area contributed by atoms with Crippen LogP contribution in [0.15, 0.2) is 97.1 Å². The fourth-order valence-electron chi connectivity index (χ4n) is 6.05. The summed E-state index contributed by atoms with van der Waals surface area (Å²) in [4.78, 5) is 34.5. The van der Waals surface area contributed by atoms with E-state index in [1.165, 1.54) is 12.1 Å². The second-order valence-corrected chi connectivity index (χ2v) is 11.1. The molecule has 1 saturated heterocycles. The van der Waals surface area contributed by atoms with Crippen molar-refractivity contribution in [1.82, 2.24) is 9.80 Å². The summed E-state index contributed by atoms with van der Waals surface area (Å²) in [6.07, 6.45) is 0. The first-order valence-corrected chi connectivity index (χ1v) is 14.4. The minimum atomic E-state index is -0.620. The van der Waals surface area contributed by atoms with Crippen LogP contribution >= 0.6 is 11.6 Å². The van der Waals surface area contributed by atoms with Gasteiger partial charge in [0.15, 0.2) is 0 Å². The third-order valence-corrected chi connectivity index (χ3v) is 8.43. The number of carbonyl (C=O) groups is 2.